The van der Waals surface area contributed by atoms with E-state index in [4.69, 9.17) is 0 Å². The van der Waals surface area contributed by atoms with Crippen LogP contribution in [0.2, 0.25) is 0 Å². The van der Waals surface area contributed by atoms with Crippen molar-refractivity contribution in [2.75, 3.05) is 11.9 Å². The number of anilines is 1. The monoisotopic (exact) mass is 227 g/mol. The lowest BCUT2D eigenvalue weighted by atomic mass is 10.2. The van der Waals surface area contributed by atoms with Gasteiger partial charge < -0.3 is 10.6 Å². The summed E-state index contributed by atoms with van der Waals surface area (Å²) in [5.74, 6) is 0.0119. The van der Waals surface area contributed by atoms with Crippen LogP contribution < -0.4 is 10.6 Å². The second kappa shape index (κ2) is 5.82. The van der Waals surface area contributed by atoms with Gasteiger partial charge in [-0.25, -0.2) is 4.98 Å². The molecule has 15 heavy (non-hydrogen) atoms. The molecule has 0 aromatic carbocycles. The molecule has 1 heterocycles. The first kappa shape index (κ1) is 12.1. The quantitative estimate of drug-likeness (QED) is 0.806. The average Bonchev–Trinajstić information content (AvgIpc) is 2.51. The molecular formula is C10H17N3OS. The van der Waals surface area contributed by atoms with E-state index in [0.717, 1.165) is 12.2 Å². The molecule has 84 valence electrons. The Morgan fingerprint density at radius 3 is 2.93 bits per heavy atom. The molecule has 0 saturated heterocycles. The van der Waals surface area contributed by atoms with Crippen molar-refractivity contribution in [3.8, 4) is 0 Å². The summed E-state index contributed by atoms with van der Waals surface area (Å²) >= 11 is 1.45. The predicted molar refractivity (Wildman–Crippen MR) is 63.2 cm³/mol. The lowest BCUT2D eigenvalue weighted by molar-refractivity contribution is -0.116. The lowest BCUT2D eigenvalue weighted by Crippen LogP contribution is -2.30. The molecule has 1 rings (SSSR count). The summed E-state index contributed by atoms with van der Waals surface area (Å²) < 4.78 is 0. The van der Waals surface area contributed by atoms with Gasteiger partial charge in [-0.15, -0.1) is 11.3 Å². The van der Waals surface area contributed by atoms with Crippen LogP contribution in [0.1, 0.15) is 26.0 Å². The first-order chi connectivity index (χ1) is 7.11. The number of amides is 1. The van der Waals surface area contributed by atoms with Crippen molar-refractivity contribution in [3.63, 3.8) is 0 Å². The molecule has 1 amide bonds. The number of carbonyl (C=O) groups is 1. The topological polar surface area (TPSA) is 54.0 Å². The van der Waals surface area contributed by atoms with Gasteiger partial charge in [0.1, 0.15) is 0 Å². The zero-order valence-electron chi connectivity index (χ0n) is 9.33. The van der Waals surface area contributed by atoms with E-state index in [1.54, 1.807) is 0 Å². The first-order valence-electron chi connectivity index (χ1n) is 5.07. The maximum absolute atomic E-state index is 11.5. The van der Waals surface area contributed by atoms with Crippen LogP contribution in [0.3, 0.4) is 0 Å². The van der Waals surface area contributed by atoms with Crippen molar-refractivity contribution in [1.29, 1.82) is 0 Å². The highest BCUT2D eigenvalue weighted by Crippen LogP contribution is 2.14. The average molecular weight is 227 g/mol. The first-order valence-corrected chi connectivity index (χ1v) is 5.95. The smallest absolute Gasteiger partial charge is 0.227 e. The minimum absolute atomic E-state index is 0.0119. The van der Waals surface area contributed by atoms with Crippen LogP contribution in [0, 0.1) is 6.92 Å². The Kier molecular flexibility index (Phi) is 4.71. The van der Waals surface area contributed by atoms with E-state index >= 15 is 0 Å². The van der Waals surface area contributed by atoms with Crippen molar-refractivity contribution in [3.05, 3.63) is 11.1 Å². The maximum Gasteiger partial charge on any atom is 0.227 e. The molecule has 1 aromatic rings. The zero-order chi connectivity index (χ0) is 11.3. The molecule has 0 spiro atoms. The molecule has 0 bridgehead atoms. The molecule has 0 radical (unpaired) electrons. The summed E-state index contributed by atoms with van der Waals surface area (Å²) in [7, 11) is 0. The van der Waals surface area contributed by atoms with Gasteiger partial charge in [-0.1, -0.05) is 6.92 Å². The van der Waals surface area contributed by atoms with E-state index in [1.165, 1.54) is 11.3 Å². The van der Waals surface area contributed by atoms with Gasteiger partial charge in [0.25, 0.3) is 0 Å². The number of thiazole rings is 1. The number of hydrogen-bond donors (Lipinski definition) is 2. The Hall–Kier alpha value is -0.940. The van der Waals surface area contributed by atoms with Crippen molar-refractivity contribution < 1.29 is 4.79 Å². The molecular weight excluding hydrogens is 210 g/mol. The molecule has 5 heteroatoms. The highest BCUT2D eigenvalue weighted by atomic mass is 32.1. The number of nitrogens with zero attached hydrogens (tertiary/aromatic N) is 1. The minimum atomic E-state index is 0.0119. The van der Waals surface area contributed by atoms with Crippen molar-refractivity contribution >= 4 is 22.4 Å². The van der Waals surface area contributed by atoms with E-state index in [9.17, 15) is 4.79 Å². The third kappa shape index (κ3) is 4.40. The van der Waals surface area contributed by atoms with Crippen LogP contribution in [-0.4, -0.2) is 23.5 Å². The molecule has 0 aliphatic heterocycles. The second-order valence-electron chi connectivity index (χ2n) is 3.51. The van der Waals surface area contributed by atoms with E-state index in [2.05, 4.69) is 15.6 Å². The van der Waals surface area contributed by atoms with Crippen LogP contribution in [-0.2, 0) is 4.79 Å². The summed E-state index contributed by atoms with van der Waals surface area (Å²) in [4.78, 5) is 15.7. The molecule has 0 fully saturated rings. The number of rotatable bonds is 5. The van der Waals surface area contributed by atoms with Crippen LogP contribution in [0.15, 0.2) is 5.38 Å². The van der Waals surface area contributed by atoms with Gasteiger partial charge in [0.15, 0.2) is 5.13 Å². The highest BCUT2D eigenvalue weighted by Gasteiger charge is 2.09. The Labute approximate surface area is 94.1 Å². The second-order valence-corrected chi connectivity index (χ2v) is 4.36. The summed E-state index contributed by atoms with van der Waals surface area (Å²) in [5, 5.41) is 8.57. The summed E-state index contributed by atoms with van der Waals surface area (Å²) in [6, 6.07) is 0.205. The van der Waals surface area contributed by atoms with E-state index in [0.29, 0.717) is 11.6 Å². The predicted octanol–water partition coefficient (Wildman–Crippen LogP) is 1.78. The number of aromatic nitrogens is 1. The van der Waals surface area contributed by atoms with Gasteiger partial charge in [-0.05, 0) is 20.4 Å². The van der Waals surface area contributed by atoms with Gasteiger partial charge in [-0.3, -0.25) is 4.79 Å². The summed E-state index contributed by atoms with van der Waals surface area (Å²) in [6.07, 6.45) is 0.479. The van der Waals surface area contributed by atoms with Gasteiger partial charge in [0.05, 0.1) is 5.69 Å². The summed E-state index contributed by atoms with van der Waals surface area (Å²) in [6.45, 7) is 6.81. The maximum atomic E-state index is 11.5. The van der Waals surface area contributed by atoms with E-state index in [1.807, 2.05) is 26.2 Å². The SMILES string of the molecule is CCNC(C)CC(=O)Nc1nc(C)cs1. The molecule has 1 atom stereocenters. The van der Waals surface area contributed by atoms with Gasteiger partial charge >= 0.3 is 0 Å². The Morgan fingerprint density at radius 1 is 1.67 bits per heavy atom. The Balaban J connectivity index is 2.36. The molecule has 1 unspecified atom stereocenters. The van der Waals surface area contributed by atoms with E-state index in [-0.39, 0.29) is 11.9 Å². The van der Waals surface area contributed by atoms with Crippen molar-refractivity contribution in [1.82, 2.24) is 10.3 Å². The fourth-order valence-corrected chi connectivity index (χ4v) is 1.98. The summed E-state index contributed by atoms with van der Waals surface area (Å²) in [5.41, 5.74) is 0.940. The Bertz CT molecular complexity index is 324. The van der Waals surface area contributed by atoms with Crippen molar-refractivity contribution in [2.24, 2.45) is 0 Å². The minimum Gasteiger partial charge on any atom is -0.314 e. The molecule has 1 aromatic heterocycles. The molecule has 0 aliphatic carbocycles. The number of nitrogens with one attached hydrogen (secondary N) is 2. The van der Waals surface area contributed by atoms with Gasteiger partial charge in [0, 0.05) is 17.8 Å². The van der Waals surface area contributed by atoms with Crippen LogP contribution >= 0.6 is 11.3 Å². The van der Waals surface area contributed by atoms with Gasteiger partial charge in [0.2, 0.25) is 5.91 Å². The molecule has 0 aliphatic rings. The third-order valence-electron chi connectivity index (χ3n) is 1.91. The molecule has 4 nitrogen and oxygen atoms in total. The fourth-order valence-electron chi connectivity index (χ4n) is 1.28. The lowest BCUT2D eigenvalue weighted by Gasteiger charge is -2.10. The van der Waals surface area contributed by atoms with Crippen LogP contribution in [0.5, 0.6) is 0 Å². The number of carbonyl (C=O) groups excluding carboxylic acids is 1. The van der Waals surface area contributed by atoms with Gasteiger partial charge in [-0.2, -0.15) is 0 Å². The number of hydrogen-bond acceptors (Lipinski definition) is 4. The Morgan fingerprint density at radius 2 is 2.40 bits per heavy atom. The largest absolute Gasteiger partial charge is 0.314 e. The zero-order valence-corrected chi connectivity index (χ0v) is 10.1. The third-order valence-corrected chi connectivity index (χ3v) is 2.79. The highest BCUT2D eigenvalue weighted by molar-refractivity contribution is 7.13. The normalized spacial score (nSPS) is 12.5. The van der Waals surface area contributed by atoms with E-state index < -0.39 is 0 Å². The van der Waals surface area contributed by atoms with Crippen LogP contribution in [0.4, 0.5) is 5.13 Å². The molecule has 0 saturated carbocycles. The van der Waals surface area contributed by atoms with Crippen LogP contribution in [0.25, 0.3) is 0 Å². The standard InChI is InChI=1S/C10H17N3OS/c1-4-11-7(2)5-9(14)13-10-12-8(3)6-15-10/h6-7,11H,4-5H2,1-3H3,(H,12,13,14). The van der Waals surface area contributed by atoms with Crippen molar-refractivity contribution in [2.45, 2.75) is 33.2 Å². The number of aryl methyl sites for hydroxylation is 1. The molecule has 2 N–H and O–H groups in total. The fraction of sp³-hybridized carbons (Fsp3) is 0.600.